The first kappa shape index (κ1) is 17.1. The monoisotopic (exact) mass is 397 g/mol. The van der Waals surface area contributed by atoms with Gasteiger partial charge in [-0.2, -0.15) is 0 Å². The number of para-hydroxylation sites is 1. The molecule has 0 bridgehead atoms. The molecule has 1 amide bonds. The Morgan fingerprint density at radius 3 is 2.64 bits per heavy atom. The van der Waals surface area contributed by atoms with Crippen LogP contribution in [0, 0.1) is 0 Å². The van der Waals surface area contributed by atoms with E-state index in [2.05, 4.69) is 26.2 Å². The molecule has 3 rings (SSSR count). The normalized spacial score (nSPS) is 11.1. The van der Waals surface area contributed by atoms with Gasteiger partial charge in [0.2, 0.25) is 5.91 Å². The Morgan fingerprint density at radius 1 is 1.16 bits per heavy atom. The molecule has 0 saturated carbocycles. The topological polar surface area (TPSA) is 64.0 Å². The highest BCUT2D eigenvalue weighted by molar-refractivity contribution is 9.10. The number of rotatable bonds is 4. The number of likely N-dealkylation sites (N-methyl/N-ethyl adjacent to an activating group) is 1. The van der Waals surface area contributed by atoms with Crippen LogP contribution >= 0.6 is 15.9 Å². The predicted octanol–water partition coefficient (Wildman–Crippen LogP) is 3.08. The van der Waals surface area contributed by atoms with E-state index in [0.717, 1.165) is 10.0 Å². The van der Waals surface area contributed by atoms with E-state index in [9.17, 15) is 9.59 Å². The average Bonchev–Trinajstić information content (AvgIpc) is 2.64. The molecule has 0 aliphatic rings. The first-order chi connectivity index (χ1) is 12.1. The maximum absolute atomic E-state index is 12.9. The Morgan fingerprint density at radius 2 is 1.92 bits per heavy atom. The quantitative estimate of drug-likeness (QED) is 0.735. The van der Waals surface area contributed by atoms with Crippen LogP contribution in [0.2, 0.25) is 0 Å². The van der Waals surface area contributed by atoms with Gasteiger partial charge in [0, 0.05) is 11.5 Å². The fourth-order valence-electron chi connectivity index (χ4n) is 2.46. The number of hydrogen-bond donors (Lipinski definition) is 1. The number of fused-ring (bicyclic) bond motifs is 1. The Bertz CT molecular complexity index is 1010. The zero-order valence-electron chi connectivity index (χ0n) is 13.6. The van der Waals surface area contributed by atoms with E-state index < -0.39 is 0 Å². The number of halogens is 1. The van der Waals surface area contributed by atoms with Gasteiger partial charge in [-0.15, -0.1) is 0 Å². The number of nitrogens with one attached hydrogen (secondary N) is 1. The molecule has 2 aromatic carbocycles. The van der Waals surface area contributed by atoms with Gasteiger partial charge in [-0.25, -0.2) is 4.98 Å². The summed E-state index contributed by atoms with van der Waals surface area (Å²) in [6.07, 6.45) is 3.61. The van der Waals surface area contributed by atoms with Crippen LogP contribution in [0.3, 0.4) is 0 Å². The van der Waals surface area contributed by atoms with E-state index in [1.807, 2.05) is 42.5 Å². The number of benzene rings is 2. The average molecular weight is 398 g/mol. The second-order valence-corrected chi connectivity index (χ2v) is 6.27. The highest BCUT2D eigenvalue weighted by atomic mass is 79.9. The van der Waals surface area contributed by atoms with Crippen molar-refractivity contribution in [3.05, 3.63) is 74.7 Å². The summed E-state index contributed by atoms with van der Waals surface area (Å²) in [6.45, 7) is -0.0841. The van der Waals surface area contributed by atoms with Crippen molar-refractivity contribution in [3.63, 3.8) is 0 Å². The second kappa shape index (κ2) is 7.44. The van der Waals surface area contributed by atoms with Crippen LogP contribution in [0.1, 0.15) is 11.4 Å². The van der Waals surface area contributed by atoms with Crippen LogP contribution in [0.15, 0.2) is 57.8 Å². The van der Waals surface area contributed by atoms with Crippen molar-refractivity contribution >= 4 is 44.9 Å². The second-order valence-electron chi connectivity index (χ2n) is 5.41. The van der Waals surface area contributed by atoms with Gasteiger partial charge in [-0.3, -0.25) is 14.2 Å². The first-order valence-corrected chi connectivity index (χ1v) is 8.52. The molecule has 0 aliphatic carbocycles. The minimum absolute atomic E-state index is 0.0841. The Hall–Kier alpha value is -2.73. The van der Waals surface area contributed by atoms with Gasteiger partial charge in [0.05, 0.1) is 10.9 Å². The molecule has 126 valence electrons. The lowest BCUT2D eigenvalue weighted by atomic mass is 10.2. The Balaban J connectivity index is 2.18. The molecule has 0 unspecified atom stereocenters. The van der Waals surface area contributed by atoms with Crippen molar-refractivity contribution in [3.8, 4) is 0 Å². The van der Waals surface area contributed by atoms with E-state index in [4.69, 9.17) is 0 Å². The molecule has 25 heavy (non-hydrogen) atoms. The van der Waals surface area contributed by atoms with Crippen molar-refractivity contribution in [1.82, 2.24) is 14.9 Å². The number of hydrogen-bond acceptors (Lipinski definition) is 3. The summed E-state index contributed by atoms with van der Waals surface area (Å²) < 4.78 is 2.12. The zero-order chi connectivity index (χ0) is 17.8. The van der Waals surface area contributed by atoms with E-state index >= 15 is 0 Å². The minimum atomic E-state index is -0.257. The summed E-state index contributed by atoms with van der Waals surface area (Å²) in [5.74, 6) is 0.171. The molecule has 1 aromatic heterocycles. The van der Waals surface area contributed by atoms with Gasteiger partial charge in [-0.1, -0.05) is 42.5 Å². The van der Waals surface area contributed by atoms with Crippen LogP contribution in [-0.4, -0.2) is 22.5 Å². The maximum Gasteiger partial charge on any atom is 0.262 e. The summed E-state index contributed by atoms with van der Waals surface area (Å²) in [5.41, 5.74) is 1.31. The van der Waals surface area contributed by atoms with Gasteiger partial charge >= 0.3 is 0 Å². The van der Waals surface area contributed by atoms with Gasteiger partial charge in [0.15, 0.2) is 0 Å². The summed E-state index contributed by atoms with van der Waals surface area (Å²) in [6, 6.07) is 15.0. The van der Waals surface area contributed by atoms with Crippen molar-refractivity contribution < 1.29 is 4.79 Å². The molecule has 6 heteroatoms. The largest absolute Gasteiger partial charge is 0.358 e. The SMILES string of the molecule is CNC(=O)Cn1c(/C=C/c2ccccc2)nc2c(Br)cccc2c1=O. The highest BCUT2D eigenvalue weighted by Gasteiger charge is 2.13. The van der Waals surface area contributed by atoms with Crippen molar-refractivity contribution in [2.24, 2.45) is 0 Å². The smallest absolute Gasteiger partial charge is 0.262 e. The van der Waals surface area contributed by atoms with E-state index in [0.29, 0.717) is 16.7 Å². The van der Waals surface area contributed by atoms with Crippen LogP contribution in [0.5, 0.6) is 0 Å². The Kier molecular flexibility index (Phi) is 5.09. The fraction of sp³-hybridized carbons (Fsp3) is 0.105. The van der Waals surface area contributed by atoms with Crippen molar-refractivity contribution in [1.29, 1.82) is 0 Å². The molecular formula is C19H16BrN3O2. The van der Waals surface area contributed by atoms with Crippen LogP contribution in [0.25, 0.3) is 23.1 Å². The predicted molar refractivity (Wildman–Crippen MR) is 103 cm³/mol. The summed E-state index contributed by atoms with van der Waals surface area (Å²) in [5, 5.41) is 3.01. The molecule has 0 atom stereocenters. The van der Waals surface area contributed by atoms with Gasteiger partial charge in [0.25, 0.3) is 5.56 Å². The summed E-state index contributed by atoms with van der Waals surface area (Å²) >= 11 is 3.44. The highest BCUT2D eigenvalue weighted by Crippen LogP contribution is 2.20. The lowest BCUT2D eigenvalue weighted by Crippen LogP contribution is -2.32. The molecule has 0 radical (unpaired) electrons. The third-order valence-corrected chi connectivity index (χ3v) is 4.41. The van der Waals surface area contributed by atoms with E-state index in [1.54, 1.807) is 18.2 Å². The van der Waals surface area contributed by atoms with Crippen LogP contribution in [-0.2, 0) is 11.3 Å². The fourth-order valence-corrected chi connectivity index (χ4v) is 2.92. The van der Waals surface area contributed by atoms with Crippen molar-refractivity contribution in [2.75, 3.05) is 7.05 Å². The molecule has 5 nitrogen and oxygen atoms in total. The summed E-state index contributed by atoms with van der Waals surface area (Å²) in [7, 11) is 1.54. The molecule has 0 aliphatic heterocycles. The molecule has 1 N–H and O–H groups in total. The van der Waals surface area contributed by atoms with Gasteiger partial charge in [-0.05, 0) is 39.7 Å². The summed E-state index contributed by atoms with van der Waals surface area (Å²) in [4.78, 5) is 29.3. The Labute approximate surface area is 153 Å². The number of amides is 1. The van der Waals surface area contributed by atoms with Gasteiger partial charge < -0.3 is 5.32 Å². The number of carbonyl (C=O) groups is 1. The van der Waals surface area contributed by atoms with E-state index in [-0.39, 0.29) is 18.0 Å². The number of carbonyl (C=O) groups excluding carboxylic acids is 1. The number of nitrogens with zero attached hydrogens (tertiary/aromatic N) is 2. The van der Waals surface area contributed by atoms with Gasteiger partial charge in [0.1, 0.15) is 12.4 Å². The van der Waals surface area contributed by atoms with E-state index in [1.165, 1.54) is 11.6 Å². The first-order valence-electron chi connectivity index (χ1n) is 7.73. The third-order valence-electron chi connectivity index (χ3n) is 3.77. The third kappa shape index (κ3) is 3.69. The van der Waals surface area contributed by atoms with Crippen molar-refractivity contribution in [2.45, 2.75) is 6.54 Å². The molecule has 0 spiro atoms. The lowest BCUT2D eigenvalue weighted by Gasteiger charge is -2.11. The van der Waals surface area contributed by atoms with Crippen LogP contribution < -0.4 is 10.9 Å². The van der Waals surface area contributed by atoms with Crippen LogP contribution in [0.4, 0.5) is 0 Å². The molecule has 1 heterocycles. The lowest BCUT2D eigenvalue weighted by molar-refractivity contribution is -0.121. The molecule has 0 saturated heterocycles. The zero-order valence-corrected chi connectivity index (χ0v) is 15.2. The number of aromatic nitrogens is 2. The molecule has 0 fully saturated rings. The standard InChI is InChI=1S/C19H16BrN3O2/c1-21-17(24)12-23-16(11-10-13-6-3-2-4-7-13)22-18-14(19(23)25)8-5-9-15(18)20/h2-11H,12H2,1H3,(H,21,24)/b11-10+. The molecule has 3 aromatic rings. The maximum atomic E-state index is 12.9. The molecular weight excluding hydrogens is 382 g/mol. The minimum Gasteiger partial charge on any atom is -0.358 e.